The van der Waals surface area contributed by atoms with Crippen LogP contribution in [0.4, 0.5) is 13.2 Å². The summed E-state index contributed by atoms with van der Waals surface area (Å²) < 4.78 is 42.9. The third-order valence-electron chi connectivity index (χ3n) is 6.15. The second-order valence-corrected chi connectivity index (χ2v) is 9.30. The molecule has 0 N–H and O–H groups in total. The maximum atomic E-state index is 13.4. The maximum Gasteiger partial charge on any atom is 0.416 e. The van der Waals surface area contributed by atoms with Gasteiger partial charge in [0.2, 0.25) is 5.65 Å². The molecule has 5 nitrogen and oxygen atoms in total. The van der Waals surface area contributed by atoms with Gasteiger partial charge in [-0.15, -0.1) is 10.2 Å². The van der Waals surface area contributed by atoms with Gasteiger partial charge in [0.05, 0.1) is 11.3 Å². The summed E-state index contributed by atoms with van der Waals surface area (Å²) >= 11 is 1.44. The standard InChI is InChI=1S/C27H21F3N4OS/c1-17-8-6-11-20(19-9-4-3-5-10-19)21(17)16-36-26-32-31-24-25(35)33(14-15-34(24)26)23-13-7-12-22(18(23)2)27(28,29)30/h3-15H,16H2,1-2H3. The van der Waals surface area contributed by atoms with Crippen molar-refractivity contribution >= 4 is 17.4 Å². The highest BCUT2D eigenvalue weighted by molar-refractivity contribution is 7.98. The van der Waals surface area contributed by atoms with Gasteiger partial charge in [0.1, 0.15) is 0 Å². The highest BCUT2D eigenvalue weighted by Gasteiger charge is 2.33. The van der Waals surface area contributed by atoms with Crippen molar-refractivity contribution in [3.05, 3.63) is 112 Å². The summed E-state index contributed by atoms with van der Waals surface area (Å²) in [6.07, 6.45) is -1.45. The molecule has 0 fully saturated rings. The van der Waals surface area contributed by atoms with Gasteiger partial charge in [0.25, 0.3) is 0 Å². The highest BCUT2D eigenvalue weighted by atomic mass is 32.2. The second kappa shape index (κ2) is 9.31. The quantitative estimate of drug-likeness (QED) is 0.256. The van der Waals surface area contributed by atoms with Crippen LogP contribution in [0, 0.1) is 13.8 Å². The Morgan fingerprint density at radius 3 is 2.39 bits per heavy atom. The van der Waals surface area contributed by atoms with Gasteiger partial charge in [-0.3, -0.25) is 13.8 Å². The molecule has 0 atom stereocenters. The van der Waals surface area contributed by atoms with E-state index in [-0.39, 0.29) is 16.9 Å². The molecule has 0 saturated carbocycles. The van der Waals surface area contributed by atoms with E-state index in [0.29, 0.717) is 10.9 Å². The number of hydrogen-bond donors (Lipinski definition) is 0. The van der Waals surface area contributed by atoms with E-state index in [2.05, 4.69) is 41.4 Å². The Morgan fingerprint density at radius 1 is 0.889 bits per heavy atom. The van der Waals surface area contributed by atoms with Crippen LogP contribution in [-0.4, -0.2) is 19.2 Å². The molecule has 0 bridgehead atoms. The molecule has 2 heterocycles. The van der Waals surface area contributed by atoms with Crippen LogP contribution in [0.25, 0.3) is 22.5 Å². The number of rotatable bonds is 5. The fourth-order valence-electron chi connectivity index (χ4n) is 4.26. The lowest BCUT2D eigenvalue weighted by Gasteiger charge is -2.15. The average Bonchev–Trinajstić information content (AvgIpc) is 3.27. The number of aromatic nitrogens is 4. The molecule has 0 aliphatic rings. The zero-order valence-electron chi connectivity index (χ0n) is 19.5. The number of aryl methyl sites for hydroxylation is 1. The van der Waals surface area contributed by atoms with Crippen LogP contribution < -0.4 is 5.56 Å². The summed E-state index contributed by atoms with van der Waals surface area (Å²) in [5.41, 5.74) is 3.38. The first kappa shape index (κ1) is 23.9. The maximum absolute atomic E-state index is 13.4. The minimum Gasteiger partial charge on any atom is -0.279 e. The van der Waals surface area contributed by atoms with Crippen molar-refractivity contribution in [3.63, 3.8) is 0 Å². The molecular weight excluding hydrogens is 485 g/mol. The molecule has 0 amide bonds. The summed E-state index contributed by atoms with van der Waals surface area (Å²) in [4.78, 5) is 13.2. The zero-order chi connectivity index (χ0) is 25.4. The second-order valence-electron chi connectivity index (χ2n) is 8.35. The largest absolute Gasteiger partial charge is 0.416 e. The molecule has 5 aromatic rings. The van der Waals surface area contributed by atoms with Gasteiger partial charge in [0, 0.05) is 18.1 Å². The Balaban J connectivity index is 1.49. The molecule has 0 unspecified atom stereocenters. The van der Waals surface area contributed by atoms with E-state index in [0.717, 1.165) is 28.3 Å². The first-order chi connectivity index (χ1) is 17.3. The van der Waals surface area contributed by atoms with Crippen molar-refractivity contribution < 1.29 is 13.2 Å². The van der Waals surface area contributed by atoms with Crippen LogP contribution in [-0.2, 0) is 11.9 Å². The zero-order valence-corrected chi connectivity index (χ0v) is 20.3. The summed E-state index contributed by atoms with van der Waals surface area (Å²) in [6, 6.07) is 20.0. The van der Waals surface area contributed by atoms with Gasteiger partial charge in [-0.1, -0.05) is 66.4 Å². The van der Waals surface area contributed by atoms with E-state index in [1.165, 1.54) is 41.6 Å². The molecule has 0 aliphatic heterocycles. The fraction of sp³-hybridized carbons (Fsp3) is 0.148. The number of hydrogen-bond acceptors (Lipinski definition) is 4. The van der Waals surface area contributed by atoms with Crippen molar-refractivity contribution in [1.82, 2.24) is 19.2 Å². The van der Waals surface area contributed by atoms with Crippen LogP contribution in [0.15, 0.2) is 89.1 Å². The third kappa shape index (κ3) is 4.30. The van der Waals surface area contributed by atoms with E-state index in [1.54, 1.807) is 10.6 Å². The van der Waals surface area contributed by atoms with Crippen LogP contribution in [0.2, 0.25) is 0 Å². The van der Waals surface area contributed by atoms with Crippen LogP contribution in [0.5, 0.6) is 0 Å². The predicted molar refractivity (Wildman–Crippen MR) is 134 cm³/mol. The minimum atomic E-state index is -4.51. The first-order valence-corrected chi connectivity index (χ1v) is 12.1. The van der Waals surface area contributed by atoms with Crippen LogP contribution in [0.3, 0.4) is 0 Å². The molecule has 0 radical (unpaired) electrons. The molecule has 0 aliphatic carbocycles. The number of nitrogens with zero attached hydrogens (tertiary/aromatic N) is 4. The number of fused-ring (bicyclic) bond motifs is 1. The minimum absolute atomic E-state index is 0.0291. The summed E-state index contributed by atoms with van der Waals surface area (Å²) in [5.74, 6) is 0.605. The lowest BCUT2D eigenvalue weighted by molar-refractivity contribution is -0.138. The van der Waals surface area contributed by atoms with Gasteiger partial charge in [0.15, 0.2) is 5.16 Å². The van der Waals surface area contributed by atoms with Crippen LogP contribution in [0.1, 0.15) is 22.3 Å². The number of thioether (sulfide) groups is 1. The molecule has 182 valence electrons. The summed E-state index contributed by atoms with van der Waals surface area (Å²) in [5, 5.41) is 8.78. The lowest BCUT2D eigenvalue weighted by Crippen LogP contribution is -2.22. The van der Waals surface area contributed by atoms with E-state index < -0.39 is 17.3 Å². The normalized spacial score (nSPS) is 11.8. The Bertz CT molecular complexity index is 1620. The Hall–Kier alpha value is -3.85. The topological polar surface area (TPSA) is 52.2 Å². The highest BCUT2D eigenvalue weighted by Crippen LogP contribution is 2.34. The predicted octanol–water partition coefficient (Wildman–Crippen LogP) is 6.48. The summed E-state index contributed by atoms with van der Waals surface area (Å²) in [7, 11) is 0. The van der Waals surface area contributed by atoms with Crippen LogP contribution >= 0.6 is 11.8 Å². The van der Waals surface area contributed by atoms with Gasteiger partial charge < -0.3 is 0 Å². The van der Waals surface area contributed by atoms with Crippen molar-refractivity contribution in [2.45, 2.75) is 30.9 Å². The molecule has 0 spiro atoms. The Labute approximate surface area is 209 Å². The van der Waals surface area contributed by atoms with Gasteiger partial charge >= 0.3 is 11.7 Å². The Kier molecular flexibility index (Phi) is 6.17. The van der Waals surface area contributed by atoms with Crippen molar-refractivity contribution in [2.24, 2.45) is 0 Å². The lowest BCUT2D eigenvalue weighted by atomic mass is 9.97. The van der Waals surface area contributed by atoms with Gasteiger partial charge in [-0.25, -0.2) is 0 Å². The SMILES string of the molecule is Cc1cccc(-c2ccccc2)c1CSc1nnc2c(=O)n(-c3cccc(C(F)(F)F)c3C)ccn12. The number of halogens is 3. The number of alkyl halides is 3. The monoisotopic (exact) mass is 506 g/mol. The average molecular weight is 507 g/mol. The summed E-state index contributed by atoms with van der Waals surface area (Å²) in [6.45, 7) is 3.41. The number of benzene rings is 3. The van der Waals surface area contributed by atoms with Gasteiger partial charge in [-0.2, -0.15) is 13.2 Å². The molecule has 36 heavy (non-hydrogen) atoms. The van der Waals surface area contributed by atoms with Crippen molar-refractivity contribution in [1.29, 1.82) is 0 Å². The van der Waals surface area contributed by atoms with Gasteiger partial charge in [-0.05, 0) is 53.8 Å². The molecule has 2 aromatic heterocycles. The van der Waals surface area contributed by atoms with E-state index in [9.17, 15) is 18.0 Å². The molecule has 0 saturated heterocycles. The van der Waals surface area contributed by atoms with E-state index >= 15 is 0 Å². The first-order valence-electron chi connectivity index (χ1n) is 11.2. The molecule has 5 rings (SSSR count). The third-order valence-corrected chi connectivity index (χ3v) is 7.12. The van der Waals surface area contributed by atoms with E-state index in [1.807, 2.05) is 24.3 Å². The Morgan fingerprint density at radius 2 is 1.64 bits per heavy atom. The van der Waals surface area contributed by atoms with Crippen molar-refractivity contribution in [2.75, 3.05) is 0 Å². The van der Waals surface area contributed by atoms with E-state index in [4.69, 9.17) is 0 Å². The smallest absolute Gasteiger partial charge is 0.279 e. The molecule has 3 aromatic carbocycles. The molecule has 9 heteroatoms. The fourth-order valence-corrected chi connectivity index (χ4v) is 5.31. The van der Waals surface area contributed by atoms with Crippen molar-refractivity contribution in [3.8, 4) is 16.8 Å². The molecular formula is C27H21F3N4OS.